The van der Waals surface area contributed by atoms with Crippen molar-refractivity contribution in [1.29, 1.82) is 0 Å². The maximum absolute atomic E-state index is 5.91. The summed E-state index contributed by atoms with van der Waals surface area (Å²) >= 11 is 0. The van der Waals surface area contributed by atoms with Crippen LogP contribution in [0.15, 0.2) is 0 Å². The first-order valence-corrected chi connectivity index (χ1v) is 4.96. The maximum Gasteiger partial charge on any atom is 0.0611 e. The molecule has 0 saturated heterocycles. The van der Waals surface area contributed by atoms with Gasteiger partial charge >= 0.3 is 0 Å². The normalized spacial score (nSPS) is 48.5. The molecule has 0 bridgehead atoms. The predicted molar refractivity (Wildman–Crippen MR) is 45.5 cm³/mol. The van der Waals surface area contributed by atoms with Gasteiger partial charge in [0.05, 0.1) is 12.2 Å². The lowest BCUT2D eigenvalue weighted by Crippen LogP contribution is -2.32. The molecule has 2 aliphatic rings. The Hall–Kier alpha value is -0.0400. The smallest absolute Gasteiger partial charge is 0.0611 e. The molecule has 2 saturated carbocycles. The lowest BCUT2D eigenvalue weighted by Gasteiger charge is -2.33. The van der Waals surface area contributed by atoms with Crippen LogP contribution < -0.4 is 0 Å². The number of hydrogen-bond donors (Lipinski definition) is 0. The number of hydrogen-bond acceptors (Lipinski definition) is 1. The second-order valence-corrected chi connectivity index (χ2v) is 4.17. The van der Waals surface area contributed by atoms with Crippen LogP contribution in [0, 0.1) is 11.8 Å². The average molecular weight is 154 g/mol. The molecule has 0 spiro atoms. The summed E-state index contributed by atoms with van der Waals surface area (Å²) in [6.45, 7) is 4.57. The van der Waals surface area contributed by atoms with Crippen LogP contribution in [0.5, 0.6) is 0 Å². The molecule has 11 heavy (non-hydrogen) atoms. The van der Waals surface area contributed by atoms with Gasteiger partial charge in [0.25, 0.3) is 0 Å². The van der Waals surface area contributed by atoms with Crippen LogP contribution >= 0.6 is 0 Å². The minimum absolute atomic E-state index is 0.622. The molecule has 1 heteroatoms. The molecular formula is C10H18O. The highest BCUT2D eigenvalue weighted by Gasteiger charge is 2.41. The van der Waals surface area contributed by atoms with Crippen molar-refractivity contribution in [3.05, 3.63) is 0 Å². The standard InChI is InChI=1S/C10H18O/c1-3-8-6-10(8)11-9-5-4-7(9)2/h7-10H,3-6H2,1-2H3. The molecule has 4 atom stereocenters. The monoisotopic (exact) mass is 154 g/mol. The maximum atomic E-state index is 5.91. The van der Waals surface area contributed by atoms with Crippen molar-refractivity contribution < 1.29 is 4.74 Å². The first-order chi connectivity index (χ1) is 5.31. The Morgan fingerprint density at radius 3 is 2.45 bits per heavy atom. The Labute approximate surface area is 69.1 Å². The van der Waals surface area contributed by atoms with Crippen LogP contribution in [-0.4, -0.2) is 12.2 Å². The fourth-order valence-electron chi connectivity index (χ4n) is 1.88. The van der Waals surface area contributed by atoms with Crippen molar-refractivity contribution in [1.82, 2.24) is 0 Å². The zero-order valence-corrected chi connectivity index (χ0v) is 7.55. The first-order valence-electron chi connectivity index (χ1n) is 4.96. The molecule has 0 aromatic heterocycles. The van der Waals surface area contributed by atoms with E-state index in [9.17, 15) is 0 Å². The molecule has 0 amide bonds. The summed E-state index contributed by atoms with van der Waals surface area (Å²) in [6.07, 6.45) is 6.61. The highest BCUT2D eigenvalue weighted by molar-refractivity contribution is 4.90. The van der Waals surface area contributed by atoms with Gasteiger partial charge in [-0.05, 0) is 31.1 Å². The number of rotatable bonds is 3. The third-order valence-electron chi connectivity index (χ3n) is 3.27. The van der Waals surface area contributed by atoms with Crippen molar-refractivity contribution in [3.63, 3.8) is 0 Å². The Morgan fingerprint density at radius 1 is 1.27 bits per heavy atom. The summed E-state index contributed by atoms with van der Waals surface area (Å²) in [5, 5.41) is 0. The summed E-state index contributed by atoms with van der Waals surface area (Å²) in [6, 6.07) is 0. The molecule has 0 N–H and O–H groups in total. The molecule has 0 radical (unpaired) electrons. The summed E-state index contributed by atoms with van der Waals surface area (Å²) in [5.41, 5.74) is 0. The Balaban J connectivity index is 1.67. The molecule has 4 unspecified atom stereocenters. The van der Waals surface area contributed by atoms with Crippen molar-refractivity contribution in [2.75, 3.05) is 0 Å². The molecule has 2 fully saturated rings. The van der Waals surface area contributed by atoms with E-state index in [1.165, 1.54) is 25.7 Å². The van der Waals surface area contributed by atoms with Gasteiger partial charge in [0.1, 0.15) is 0 Å². The molecule has 1 nitrogen and oxygen atoms in total. The van der Waals surface area contributed by atoms with Crippen molar-refractivity contribution in [3.8, 4) is 0 Å². The minimum atomic E-state index is 0.622. The first kappa shape index (κ1) is 7.60. The van der Waals surface area contributed by atoms with E-state index >= 15 is 0 Å². The van der Waals surface area contributed by atoms with E-state index in [1.807, 2.05) is 0 Å². The van der Waals surface area contributed by atoms with Gasteiger partial charge in [-0.3, -0.25) is 0 Å². The van der Waals surface area contributed by atoms with E-state index in [0.717, 1.165) is 11.8 Å². The van der Waals surface area contributed by atoms with E-state index in [0.29, 0.717) is 12.2 Å². The van der Waals surface area contributed by atoms with Crippen LogP contribution in [0.4, 0.5) is 0 Å². The summed E-state index contributed by atoms with van der Waals surface area (Å²) in [4.78, 5) is 0. The molecule has 0 aromatic rings. The Morgan fingerprint density at radius 2 is 2.09 bits per heavy atom. The van der Waals surface area contributed by atoms with Crippen LogP contribution in [0.3, 0.4) is 0 Å². The van der Waals surface area contributed by atoms with Crippen LogP contribution in [0.1, 0.15) is 39.5 Å². The third kappa shape index (κ3) is 1.44. The highest BCUT2D eigenvalue weighted by atomic mass is 16.5. The van der Waals surface area contributed by atoms with E-state index < -0.39 is 0 Å². The van der Waals surface area contributed by atoms with Crippen molar-refractivity contribution >= 4 is 0 Å². The third-order valence-corrected chi connectivity index (χ3v) is 3.27. The second kappa shape index (κ2) is 2.78. The van der Waals surface area contributed by atoms with Crippen molar-refractivity contribution in [2.45, 2.75) is 51.7 Å². The van der Waals surface area contributed by atoms with Crippen LogP contribution in [0.25, 0.3) is 0 Å². The van der Waals surface area contributed by atoms with Gasteiger partial charge in [-0.15, -0.1) is 0 Å². The fourth-order valence-corrected chi connectivity index (χ4v) is 1.88. The van der Waals surface area contributed by atoms with Gasteiger partial charge in [0.15, 0.2) is 0 Å². The summed E-state index contributed by atoms with van der Waals surface area (Å²) in [5.74, 6) is 1.75. The topological polar surface area (TPSA) is 9.23 Å². The molecule has 2 aliphatic carbocycles. The summed E-state index contributed by atoms with van der Waals surface area (Å²) < 4.78 is 5.91. The highest BCUT2D eigenvalue weighted by Crippen LogP contribution is 2.41. The van der Waals surface area contributed by atoms with Gasteiger partial charge in [-0.2, -0.15) is 0 Å². The second-order valence-electron chi connectivity index (χ2n) is 4.17. The lowest BCUT2D eigenvalue weighted by atomic mass is 9.83. The predicted octanol–water partition coefficient (Wildman–Crippen LogP) is 2.60. The molecule has 0 aliphatic heterocycles. The molecule has 64 valence electrons. The van der Waals surface area contributed by atoms with Crippen LogP contribution in [0.2, 0.25) is 0 Å². The quantitative estimate of drug-likeness (QED) is 0.607. The molecular weight excluding hydrogens is 136 g/mol. The average Bonchev–Trinajstić information content (AvgIpc) is 2.76. The van der Waals surface area contributed by atoms with Gasteiger partial charge in [0, 0.05) is 0 Å². The number of ether oxygens (including phenoxy) is 1. The zero-order valence-electron chi connectivity index (χ0n) is 7.55. The van der Waals surface area contributed by atoms with E-state index in [4.69, 9.17) is 4.74 Å². The fraction of sp³-hybridized carbons (Fsp3) is 1.00. The molecule has 2 rings (SSSR count). The minimum Gasteiger partial charge on any atom is -0.374 e. The van der Waals surface area contributed by atoms with E-state index in [-0.39, 0.29) is 0 Å². The SMILES string of the molecule is CCC1CC1OC1CCC1C. The van der Waals surface area contributed by atoms with E-state index in [2.05, 4.69) is 13.8 Å². The Bertz CT molecular complexity index is 144. The Kier molecular flexibility index (Phi) is 1.92. The van der Waals surface area contributed by atoms with Gasteiger partial charge < -0.3 is 4.74 Å². The van der Waals surface area contributed by atoms with Gasteiger partial charge in [0.2, 0.25) is 0 Å². The van der Waals surface area contributed by atoms with Crippen LogP contribution in [-0.2, 0) is 4.74 Å². The van der Waals surface area contributed by atoms with E-state index in [1.54, 1.807) is 0 Å². The molecule has 0 aromatic carbocycles. The van der Waals surface area contributed by atoms with Gasteiger partial charge in [-0.1, -0.05) is 20.3 Å². The summed E-state index contributed by atoms with van der Waals surface area (Å²) in [7, 11) is 0. The largest absolute Gasteiger partial charge is 0.374 e. The molecule has 0 heterocycles. The van der Waals surface area contributed by atoms with Crippen molar-refractivity contribution in [2.24, 2.45) is 11.8 Å². The van der Waals surface area contributed by atoms with Gasteiger partial charge in [-0.25, -0.2) is 0 Å². The lowest BCUT2D eigenvalue weighted by molar-refractivity contribution is -0.0540. The zero-order chi connectivity index (χ0) is 7.84.